The zero-order chi connectivity index (χ0) is 22.2. The SMILES string of the molecule is CC(C)COc1ccc(CNC(=O)N(CC2C=CC(F)=CC2)C2CCN(C)CC2)cc1. The van der Waals surface area contributed by atoms with E-state index in [-0.39, 0.29) is 23.8 Å². The van der Waals surface area contributed by atoms with Crippen molar-refractivity contribution in [2.75, 3.05) is 33.3 Å². The second kappa shape index (κ2) is 11.3. The van der Waals surface area contributed by atoms with Gasteiger partial charge in [0.05, 0.1) is 6.61 Å². The first-order valence-corrected chi connectivity index (χ1v) is 11.4. The summed E-state index contributed by atoms with van der Waals surface area (Å²) in [5, 5.41) is 3.09. The molecule has 5 nitrogen and oxygen atoms in total. The van der Waals surface area contributed by atoms with Crippen molar-refractivity contribution in [3.8, 4) is 5.75 Å². The van der Waals surface area contributed by atoms with Gasteiger partial charge in [0.1, 0.15) is 11.6 Å². The monoisotopic (exact) mass is 429 g/mol. The number of allylic oxidation sites excluding steroid dienone is 3. The molecule has 1 aliphatic carbocycles. The molecule has 2 aliphatic rings. The third kappa shape index (κ3) is 7.39. The van der Waals surface area contributed by atoms with E-state index in [1.165, 1.54) is 6.08 Å². The Balaban J connectivity index is 1.58. The second-order valence-corrected chi connectivity index (χ2v) is 9.14. The topological polar surface area (TPSA) is 44.8 Å². The Hall–Kier alpha value is -2.34. The van der Waals surface area contributed by atoms with Gasteiger partial charge in [-0.1, -0.05) is 32.1 Å². The summed E-state index contributed by atoms with van der Waals surface area (Å²) in [6.45, 7) is 7.99. The van der Waals surface area contributed by atoms with Gasteiger partial charge in [0.15, 0.2) is 0 Å². The van der Waals surface area contributed by atoms with Gasteiger partial charge in [-0.05, 0) is 81.1 Å². The summed E-state index contributed by atoms with van der Waals surface area (Å²) in [4.78, 5) is 17.4. The van der Waals surface area contributed by atoms with Crippen molar-refractivity contribution in [1.29, 1.82) is 0 Å². The maximum atomic E-state index is 13.3. The van der Waals surface area contributed by atoms with Crippen LogP contribution in [0.1, 0.15) is 38.7 Å². The lowest BCUT2D eigenvalue weighted by atomic mass is 9.97. The average molecular weight is 430 g/mol. The van der Waals surface area contributed by atoms with Crippen molar-refractivity contribution in [1.82, 2.24) is 15.1 Å². The van der Waals surface area contributed by atoms with Crippen LogP contribution in [-0.2, 0) is 6.54 Å². The number of piperidine rings is 1. The summed E-state index contributed by atoms with van der Waals surface area (Å²) < 4.78 is 19.1. The molecule has 1 saturated heterocycles. The Morgan fingerprint density at radius 1 is 1.26 bits per heavy atom. The molecule has 0 aromatic heterocycles. The molecule has 31 heavy (non-hydrogen) atoms. The largest absolute Gasteiger partial charge is 0.493 e. The van der Waals surface area contributed by atoms with E-state index in [2.05, 4.69) is 31.1 Å². The van der Waals surface area contributed by atoms with Gasteiger partial charge in [-0.25, -0.2) is 9.18 Å². The van der Waals surface area contributed by atoms with Crippen LogP contribution in [0.15, 0.2) is 48.3 Å². The number of benzene rings is 1. The molecule has 170 valence electrons. The van der Waals surface area contributed by atoms with Crippen molar-refractivity contribution in [2.45, 2.75) is 45.7 Å². The van der Waals surface area contributed by atoms with Gasteiger partial charge < -0.3 is 19.9 Å². The summed E-state index contributed by atoms with van der Waals surface area (Å²) in [5.41, 5.74) is 1.04. The van der Waals surface area contributed by atoms with Gasteiger partial charge in [0.25, 0.3) is 0 Å². The van der Waals surface area contributed by atoms with E-state index < -0.39 is 0 Å². The highest BCUT2D eigenvalue weighted by atomic mass is 19.1. The number of halogens is 1. The Bertz CT molecular complexity index is 767. The first-order chi connectivity index (χ1) is 14.9. The minimum absolute atomic E-state index is 0.0434. The average Bonchev–Trinajstić information content (AvgIpc) is 2.77. The summed E-state index contributed by atoms with van der Waals surface area (Å²) >= 11 is 0. The number of ether oxygens (including phenoxy) is 1. The summed E-state index contributed by atoms with van der Waals surface area (Å²) in [6.07, 6.45) is 7.58. The predicted octanol–water partition coefficient (Wildman–Crippen LogP) is 4.76. The smallest absolute Gasteiger partial charge is 0.317 e. The van der Waals surface area contributed by atoms with E-state index in [1.807, 2.05) is 35.2 Å². The van der Waals surface area contributed by atoms with Gasteiger partial charge in [0, 0.05) is 19.1 Å². The number of amides is 2. The third-order valence-electron chi connectivity index (χ3n) is 5.91. The Morgan fingerprint density at radius 3 is 2.58 bits per heavy atom. The van der Waals surface area contributed by atoms with Crippen molar-refractivity contribution in [3.63, 3.8) is 0 Å². The molecular weight excluding hydrogens is 393 g/mol. The fourth-order valence-electron chi connectivity index (χ4n) is 3.98. The van der Waals surface area contributed by atoms with Crippen molar-refractivity contribution in [2.24, 2.45) is 11.8 Å². The van der Waals surface area contributed by atoms with Crippen LogP contribution in [0.4, 0.5) is 9.18 Å². The standard InChI is InChI=1S/C25H36FN3O2/c1-19(2)18-31-24-10-6-20(7-11-24)16-27-25(30)29(23-12-14-28(3)15-13-23)17-21-4-8-22(26)9-5-21/h4,6-11,19,21,23H,5,12-18H2,1-3H3,(H,27,30). The van der Waals surface area contributed by atoms with Crippen LogP contribution >= 0.6 is 0 Å². The van der Waals surface area contributed by atoms with Crippen molar-refractivity contribution >= 4 is 6.03 Å². The molecule has 1 aromatic rings. The van der Waals surface area contributed by atoms with Gasteiger partial charge in [-0.2, -0.15) is 0 Å². The van der Waals surface area contributed by atoms with E-state index in [0.717, 1.165) is 37.2 Å². The van der Waals surface area contributed by atoms with Gasteiger partial charge >= 0.3 is 6.03 Å². The molecule has 3 rings (SSSR count). The fourth-order valence-corrected chi connectivity index (χ4v) is 3.98. The molecule has 1 aliphatic heterocycles. The zero-order valence-corrected chi connectivity index (χ0v) is 19.0. The first-order valence-electron chi connectivity index (χ1n) is 11.4. The Morgan fingerprint density at radius 2 is 1.97 bits per heavy atom. The molecule has 1 heterocycles. The number of hydrogen-bond acceptors (Lipinski definition) is 3. The van der Waals surface area contributed by atoms with E-state index in [0.29, 0.717) is 32.0 Å². The maximum Gasteiger partial charge on any atom is 0.317 e. The van der Waals surface area contributed by atoms with E-state index in [4.69, 9.17) is 4.74 Å². The van der Waals surface area contributed by atoms with Crippen LogP contribution in [-0.4, -0.2) is 55.2 Å². The number of urea groups is 1. The van der Waals surface area contributed by atoms with Crippen LogP contribution < -0.4 is 10.1 Å². The first kappa shape index (κ1) is 23.3. The van der Waals surface area contributed by atoms with Crippen molar-refractivity contribution in [3.05, 3.63) is 53.9 Å². The minimum Gasteiger partial charge on any atom is -0.493 e. The van der Waals surface area contributed by atoms with Crippen LogP contribution in [0.25, 0.3) is 0 Å². The van der Waals surface area contributed by atoms with Crippen LogP contribution in [0.5, 0.6) is 5.75 Å². The summed E-state index contributed by atoms with van der Waals surface area (Å²) in [5.74, 6) is 1.30. The molecular formula is C25H36FN3O2. The fraction of sp³-hybridized carbons (Fsp3) is 0.560. The summed E-state index contributed by atoms with van der Waals surface area (Å²) in [7, 11) is 2.12. The number of hydrogen-bond donors (Lipinski definition) is 1. The normalized spacial score (nSPS) is 19.9. The summed E-state index contributed by atoms with van der Waals surface area (Å²) in [6, 6.07) is 8.06. The molecule has 6 heteroatoms. The van der Waals surface area contributed by atoms with Crippen LogP contribution in [0, 0.1) is 11.8 Å². The predicted molar refractivity (Wildman–Crippen MR) is 123 cm³/mol. The number of rotatable bonds is 8. The van der Waals surface area contributed by atoms with E-state index >= 15 is 0 Å². The molecule has 0 radical (unpaired) electrons. The minimum atomic E-state index is -0.188. The molecule has 0 bridgehead atoms. The van der Waals surface area contributed by atoms with Crippen LogP contribution in [0.3, 0.4) is 0 Å². The number of carbonyl (C=O) groups excluding carboxylic acids is 1. The Labute approximate surface area is 185 Å². The van der Waals surface area contributed by atoms with Crippen LogP contribution in [0.2, 0.25) is 0 Å². The molecule has 1 fully saturated rings. The highest BCUT2D eigenvalue weighted by Gasteiger charge is 2.28. The van der Waals surface area contributed by atoms with Crippen molar-refractivity contribution < 1.29 is 13.9 Å². The second-order valence-electron chi connectivity index (χ2n) is 9.14. The lowest BCUT2D eigenvalue weighted by Gasteiger charge is -2.38. The lowest BCUT2D eigenvalue weighted by molar-refractivity contribution is 0.124. The molecule has 1 atom stereocenters. The number of nitrogens with one attached hydrogen (secondary N) is 1. The van der Waals surface area contributed by atoms with Gasteiger partial charge in [-0.15, -0.1) is 0 Å². The molecule has 1 aromatic carbocycles. The lowest BCUT2D eigenvalue weighted by Crippen LogP contribution is -2.51. The Kier molecular flexibility index (Phi) is 8.52. The maximum absolute atomic E-state index is 13.3. The molecule has 1 N–H and O–H groups in total. The number of carbonyl (C=O) groups is 1. The molecule has 2 amide bonds. The van der Waals surface area contributed by atoms with Gasteiger partial charge in [-0.3, -0.25) is 0 Å². The van der Waals surface area contributed by atoms with Gasteiger partial charge in [0.2, 0.25) is 0 Å². The molecule has 0 spiro atoms. The number of likely N-dealkylation sites (tertiary alicyclic amines) is 1. The van der Waals surface area contributed by atoms with E-state index in [1.54, 1.807) is 6.08 Å². The molecule has 0 saturated carbocycles. The quantitative estimate of drug-likeness (QED) is 0.648. The molecule has 1 unspecified atom stereocenters. The van der Waals surface area contributed by atoms with E-state index in [9.17, 15) is 9.18 Å². The highest BCUT2D eigenvalue weighted by molar-refractivity contribution is 5.74. The number of nitrogens with zero attached hydrogens (tertiary/aromatic N) is 2. The zero-order valence-electron chi connectivity index (χ0n) is 19.0. The highest BCUT2D eigenvalue weighted by Crippen LogP contribution is 2.23. The third-order valence-corrected chi connectivity index (χ3v) is 5.91.